The Hall–Kier alpha value is -1.39. The first-order chi connectivity index (χ1) is 13.6. The summed E-state index contributed by atoms with van der Waals surface area (Å²) in [5.74, 6) is 3.54. The molecule has 3 fully saturated rings. The number of piperazine rings is 1. The second-order valence-corrected chi connectivity index (χ2v) is 9.63. The van der Waals surface area contributed by atoms with Gasteiger partial charge in [-0.25, -0.2) is 0 Å². The summed E-state index contributed by atoms with van der Waals surface area (Å²) < 4.78 is 6.10. The molecule has 2 saturated carbocycles. The van der Waals surface area contributed by atoms with Crippen LogP contribution < -0.4 is 10.1 Å². The number of carbonyl (C=O) groups is 1. The van der Waals surface area contributed by atoms with Crippen LogP contribution in [0.15, 0.2) is 18.2 Å². The van der Waals surface area contributed by atoms with Gasteiger partial charge < -0.3 is 10.1 Å². The van der Waals surface area contributed by atoms with E-state index in [-0.39, 0.29) is 5.41 Å². The van der Waals surface area contributed by atoms with E-state index in [0.717, 1.165) is 70.8 Å². The number of nitrogens with one attached hydrogen (secondary N) is 1. The molecule has 1 N–H and O–H groups in total. The lowest BCUT2D eigenvalue weighted by molar-refractivity contribution is -0.129. The highest BCUT2D eigenvalue weighted by atomic mass is 16.5. The van der Waals surface area contributed by atoms with Crippen LogP contribution >= 0.6 is 0 Å². The highest BCUT2D eigenvalue weighted by molar-refractivity contribution is 5.87. The van der Waals surface area contributed by atoms with Crippen LogP contribution in [-0.4, -0.2) is 50.0 Å². The average molecular weight is 383 g/mol. The molecule has 0 radical (unpaired) electrons. The standard InChI is InChI=1S/C24H34N2O2/c1-24-9-8-20-19-5-3-18(28-15-14-26-12-10-25-11-13-26)16-17(19)2-4-21(20)22(24)6-7-23(24)27/h3,5,16,20-22,25H,2,4,6-15H2,1H3/t20?,21?,22?,24-/m0/s1. The zero-order valence-corrected chi connectivity index (χ0v) is 17.2. The normalized spacial score (nSPS) is 35.2. The van der Waals surface area contributed by atoms with Gasteiger partial charge in [-0.1, -0.05) is 13.0 Å². The van der Waals surface area contributed by atoms with Crippen molar-refractivity contribution in [1.82, 2.24) is 10.2 Å². The fraction of sp³-hybridized carbons (Fsp3) is 0.708. The second-order valence-electron chi connectivity index (χ2n) is 9.63. The van der Waals surface area contributed by atoms with Gasteiger partial charge in [-0.2, -0.15) is 0 Å². The largest absolute Gasteiger partial charge is 0.492 e. The first kappa shape index (κ1) is 18.6. The maximum absolute atomic E-state index is 12.5. The molecule has 152 valence electrons. The molecule has 3 unspecified atom stereocenters. The minimum atomic E-state index is -0.0221. The van der Waals surface area contributed by atoms with Gasteiger partial charge in [0, 0.05) is 44.6 Å². The first-order valence-corrected chi connectivity index (χ1v) is 11.4. The molecule has 1 heterocycles. The predicted octanol–water partition coefficient (Wildman–Crippen LogP) is 3.40. The van der Waals surface area contributed by atoms with E-state index in [1.807, 2.05) is 0 Å². The van der Waals surface area contributed by atoms with Crippen molar-refractivity contribution >= 4 is 5.78 Å². The smallest absolute Gasteiger partial charge is 0.139 e. The van der Waals surface area contributed by atoms with E-state index in [9.17, 15) is 4.79 Å². The molecule has 4 heteroatoms. The summed E-state index contributed by atoms with van der Waals surface area (Å²) in [5, 5.41) is 3.40. The molecule has 1 aliphatic heterocycles. The molecule has 4 aliphatic rings. The molecule has 5 rings (SSSR count). The Morgan fingerprint density at radius 2 is 2.04 bits per heavy atom. The quantitative estimate of drug-likeness (QED) is 0.867. The number of benzene rings is 1. The molecule has 4 atom stereocenters. The summed E-state index contributed by atoms with van der Waals surface area (Å²) in [7, 11) is 0. The third-order valence-corrected chi connectivity index (χ3v) is 8.29. The number of ether oxygens (including phenoxy) is 1. The predicted molar refractivity (Wildman–Crippen MR) is 111 cm³/mol. The number of rotatable bonds is 4. The monoisotopic (exact) mass is 382 g/mol. The Morgan fingerprint density at radius 3 is 2.89 bits per heavy atom. The number of ketones is 1. The van der Waals surface area contributed by atoms with Crippen LogP contribution in [0.1, 0.15) is 56.1 Å². The Morgan fingerprint density at radius 1 is 1.18 bits per heavy atom. The van der Waals surface area contributed by atoms with Crippen molar-refractivity contribution in [1.29, 1.82) is 0 Å². The Balaban J connectivity index is 1.25. The highest BCUT2D eigenvalue weighted by Crippen LogP contribution is 2.59. The fourth-order valence-corrected chi connectivity index (χ4v) is 6.65. The van der Waals surface area contributed by atoms with Gasteiger partial charge >= 0.3 is 0 Å². The molecule has 28 heavy (non-hydrogen) atoms. The van der Waals surface area contributed by atoms with Crippen molar-refractivity contribution in [2.24, 2.45) is 17.3 Å². The van der Waals surface area contributed by atoms with E-state index in [1.165, 1.54) is 18.4 Å². The van der Waals surface area contributed by atoms with Gasteiger partial charge in [-0.05, 0) is 73.1 Å². The third-order valence-electron chi connectivity index (χ3n) is 8.29. The zero-order valence-electron chi connectivity index (χ0n) is 17.2. The lowest BCUT2D eigenvalue weighted by Crippen LogP contribution is -2.44. The first-order valence-electron chi connectivity index (χ1n) is 11.4. The van der Waals surface area contributed by atoms with Crippen molar-refractivity contribution in [2.45, 2.75) is 51.4 Å². The molecular formula is C24H34N2O2. The van der Waals surface area contributed by atoms with Crippen LogP contribution in [0.3, 0.4) is 0 Å². The molecular weight excluding hydrogens is 348 g/mol. The molecule has 0 amide bonds. The van der Waals surface area contributed by atoms with E-state index in [2.05, 4.69) is 35.3 Å². The second kappa shape index (κ2) is 7.46. The molecule has 1 saturated heterocycles. The maximum Gasteiger partial charge on any atom is 0.139 e. The molecule has 3 aliphatic carbocycles. The van der Waals surface area contributed by atoms with Crippen LogP contribution in [0, 0.1) is 17.3 Å². The number of Topliss-reactive ketones (excluding diaryl/α,β-unsaturated/α-hetero) is 1. The van der Waals surface area contributed by atoms with Crippen molar-refractivity contribution < 1.29 is 9.53 Å². The lowest BCUT2D eigenvalue weighted by atomic mass is 9.55. The van der Waals surface area contributed by atoms with Crippen molar-refractivity contribution in [2.75, 3.05) is 39.3 Å². The van der Waals surface area contributed by atoms with Gasteiger partial charge in [0.1, 0.15) is 18.1 Å². The van der Waals surface area contributed by atoms with Gasteiger partial charge in [0.2, 0.25) is 0 Å². The minimum Gasteiger partial charge on any atom is -0.492 e. The molecule has 1 aromatic rings. The number of aryl methyl sites for hydroxylation is 1. The third kappa shape index (κ3) is 3.19. The van der Waals surface area contributed by atoms with Crippen LogP contribution in [0.5, 0.6) is 5.75 Å². The van der Waals surface area contributed by atoms with Crippen LogP contribution in [-0.2, 0) is 11.2 Å². The number of fused-ring (bicyclic) bond motifs is 5. The zero-order chi connectivity index (χ0) is 19.1. The molecule has 0 aromatic heterocycles. The summed E-state index contributed by atoms with van der Waals surface area (Å²) >= 11 is 0. The van der Waals surface area contributed by atoms with Crippen molar-refractivity contribution in [3.8, 4) is 5.75 Å². The van der Waals surface area contributed by atoms with Gasteiger partial charge in [0.05, 0.1) is 0 Å². The molecule has 0 spiro atoms. The summed E-state index contributed by atoms with van der Waals surface area (Å²) in [6.45, 7) is 8.47. The van der Waals surface area contributed by atoms with Gasteiger partial charge in [0.25, 0.3) is 0 Å². The summed E-state index contributed by atoms with van der Waals surface area (Å²) in [5.41, 5.74) is 3.02. The van der Waals surface area contributed by atoms with E-state index in [0.29, 0.717) is 23.5 Å². The Kier molecular flexibility index (Phi) is 4.96. The summed E-state index contributed by atoms with van der Waals surface area (Å²) in [6, 6.07) is 6.83. The summed E-state index contributed by atoms with van der Waals surface area (Å²) in [6.07, 6.45) is 6.59. The van der Waals surface area contributed by atoms with Crippen LogP contribution in [0.4, 0.5) is 0 Å². The molecule has 0 bridgehead atoms. The maximum atomic E-state index is 12.5. The highest BCUT2D eigenvalue weighted by Gasteiger charge is 2.54. The SMILES string of the molecule is C[C@]12CCC3c4ccc(OCCN5CCNCC5)cc4CCC3C1CCC2=O. The topological polar surface area (TPSA) is 41.6 Å². The van der Waals surface area contributed by atoms with Crippen molar-refractivity contribution in [3.63, 3.8) is 0 Å². The number of nitrogens with zero attached hydrogens (tertiary/aromatic N) is 1. The lowest BCUT2D eigenvalue weighted by Gasteiger charge is -2.48. The Bertz CT molecular complexity index is 742. The Labute approximate surface area is 169 Å². The number of carbonyl (C=O) groups excluding carboxylic acids is 1. The number of hydrogen-bond donors (Lipinski definition) is 1. The minimum absolute atomic E-state index is 0.0221. The van der Waals surface area contributed by atoms with Crippen molar-refractivity contribution in [3.05, 3.63) is 29.3 Å². The molecule has 4 nitrogen and oxygen atoms in total. The molecule has 1 aromatic carbocycles. The van der Waals surface area contributed by atoms with Gasteiger partial charge in [0.15, 0.2) is 0 Å². The fourth-order valence-electron chi connectivity index (χ4n) is 6.65. The van der Waals surface area contributed by atoms with Crippen LogP contribution in [0.25, 0.3) is 0 Å². The van der Waals surface area contributed by atoms with Crippen LogP contribution in [0.2, 0.25) is 0 Å². The van der Waals surface area contributed by atoms with E-state index in [4.69, 9.17) is 4.74 Å². The van der Waals surface area contributed by atoms with E-state index in [1.54, 1.807) is 5.56 Å². The average Bonchev–Trinajstić information content (AvgIpc) is 3.03. The van der Waals surface area contributed by atoms with E-state index < -0.39 is 0 Å². The van der Waals surface area contributed by atoms with E-state index >= 15 is 0 Å². The number of hydrogen-bond acceptors (Lipinski definition) is 4. The van der Waals surface area contributed by atoms with Gasteiger partial charge in [-0.3, -0.25) is 9.69 Å². The van der Waals surface area contributed by atoms with Gasteiger partial charge in [-0.15, -0.1) is 0 Å². The summed E-state index contributed by atoms with van der Waals surface area (Å²) in [4.78, 5) is 15.0.